The average Bonchev–Trinajstić information content (AvgIpc) is 3.13. The number of rotatable bonds is 5. The minimum atomic E-state index is 0.0738. The molecule has 2 atom stereocenters. The van der Waals surface area contributed by atoms with Gasteiger partial charge in [-0.1, -0.05) is 12.5 Å². The van der Waals surface area contributed by atoms with Crippen LogP contribution in [0, 0.1) is 17.8 Å². The number of carbonyl (C=O) groups excluding carboxylic acids is 1. The Morgan fingerprint density at radius 1 is 1.31 bits per heavy atom. The lowest BCUT2D eigenvalue weighted by Crippen LogP contribution is -2.48. The number of benzene rings is 1. The van der Waals surface area contributed by atoms with E-state index in [1.54, 1.807) is 16.8 Å². The maximum Gasteiger partial charge on any atom is 0.227 e. The van der Waals surface area contributed by atoms with Crippen LogP contribution in [0.25, 0.3) is 0 Å². The summed E-state index contributed by atoms with van der Waals surface area (Å²) in [6, 6.07) is 7.86. The first kappa shape index (κ1) is 17.5. The first-order valence-corrected chi connectivity index (χ1v) is 10.3. The third-order valence-electron chi connectivity index (χ3n) is 5.76. The standard InChI is InChI=1S/C20H25N3O2S/c21-19-13-3-1-4-14(19)8-15(7-13)20(24)23-16-5-2-6-18(9-16)25-10-17-11-26-12-22-17/h2,5-6,9,11-15,19H,1,3-4,7-8,10,21H2,(H,23,24). The van der Waals surface area contributed by atoms with Crippen molar-refractivity contribution in [1.29, 1.82) is 0 Å². The lowest BCUT2D eigenvalue weighted by atomic mass is 9.65. The molecular weight excluding hydrogens is 346 g/mol. The van der Waals surface area contributed by atoms with Crippen LogP contribution < -0.4 is 15.8 Å². The predicted octanol–water partition coefficient (Wildman–Crippen LogP) is 3.81. The van der Waals surface area contributed by atoms with Crippen molar-refractivity contribution in [2.75, 3.05) is 5.32 Å². The van der Waals surface area contributed by atoms with Crippen molar-refractivity contribution in [3.05, 3.63) is 40.8 Å². The SMILES string of the molecule is NC1C2CCCC1CC(C(=O)Nc1cccc(OCc3cscn3)c1)C2. The van der Waals surface area contributed by atoms with Crippen LogP contribution in [0.3, 0.4) is 0 Å². The van der Waals surface area contributed by atoms with Crippen molar-refractivity contribution >= 4 is 22.9 Å². The van der Waals surface area contributed by atoms with Crippen LogP contribution in [0.15, 0.2) is 35.2 Å². The molecule has 2 unspecified atom stereocenters. The van der Waals surface area contributed by atoms with Crippen LogP contribution in [0.5, 0.6) is 5.75 Å². The molecule has 2 aliphatic rings. The molecular formula is C20H25N3O2S. The summed E-state index contributed by atoms with van der Waals surface area (Å²) in [4.78, 5) is 17.0. The largest absolute Gasteiger partial charge is 0.487 e. The summed E-state index contributed by atoms with van der Waals surface area (Å²) in [6.45, 7) is 0.435. The maximum absolute atomic E-state index is 12.8. The Morgan fingerprint density at radius 2 is 2.12 bits per heavy atom. The molecule has 5 nitrogen and oxygen atoms in total. The fourth-order valence-corrected chi connectivity index (χ4v) is 4.92. The molecule has 0 saturated heterocycles. The Morgan fingerprint density at radius 3 is 2.85 bits per heavy atom. The van der Waals surface area contributed by atoms with E-state index >= 15 is 0 Å². The quantitative estimate of drug-likeness (QED) is 0.838. The summed E-state index contributed by atoms with van der Waals surface area (Å²) in [5, 5.41) is 5.04. The van der Waals surface area contributed by atoms with Crippen LogP contribution in [-0.2, 0) is 11.4 Å². The molecule has 1 aromatic heterocycles. The summed E-state index contributed by atoms with van der Waals surface area (Å²) in [6.07, 6.45) is 5.44. The van der Waals surface area contributed by atoms with E-state index in [-0.39, 0.29) is 17.9 Å². The fourth-order valence-electron chi connectivity index (χ4n) is 4.38. The van der Waals surface area contributed by atoms with E-state index in [2.05, 4.69) is 10.3 Å². The van der Waals surface area contributed by atoms with Gasteiger partial charge in [-0.25, -0.2) is 4.98 Å². The van der Waals surface area contributed by atoms with Gasteiger partial charge in [0.05, 0.1) is 11.2 Å². The van der Waals surface area contributed by atoms with Crippen LogP contribution >= 0.6 is 11.3 Å². The number of anilines is 1. The van der Waals surface area contributed by atoms with Gasteiger partial charge < -0.3 is 15.8 Å². The Labute approximate surface area is 158 Å². The van der Waals surface area contributed by atoms with Crippen LogP contribution in [-0.4, -0.2) is 16.9 Å². The topological polar surface area (TPSA) is 77.2 Å². The zero-order chi connectivity index (χ0) is 17.9. The summed E-state index contributed by atoms with van der Waals surface area (Å²) >= 11 is 1.55. The molecule has 0 aliphatic heterocycles. The number of hydrogen-bond acceptors (Lipinski definition) is 5. The molecule has 1 amide bonds. The zero-order valence-corrected chi connectivity index (χ0v) is 15.6. The second kappa shape index (κ2) is 7.76. The predicted molar refractivity (Wildman–Crippen MR) is 103 cm³/mol. The van der Waals surface area contributed by atoms with Gasteiger partial charge in [-0.2, -0.15) is 0 Å². The zero-order valence-electron chi connectivity index (χ0n) is 14.8. The summed E-state index contributed by atoms with van der Waals surface area (Å²) in [5.74, 6) is 1.94. The van der Waals surface area contributed by atoms with E-state index in [4.69, 9.17) is 10.5 Å². The van der Waals surface area contributed by atoms with Crippen molar-refractivity contribution < 1.29 is 9.53 Å². The first-order valence-electron chi connectivity index (χ1n) is 9.35. The number of ether oxygens (including phenoxy) is 1. The van der Waals surface area contributed by atoms with Crippen molar-refractivity contribution in [2.45, 2.75) is 44.8 Å². The van der Waals surface area contributed by atoms with E-state index in [1.165, 1.54) is 19.3 Å². The third-order valence-corrected chi connectivity index (χ3v) is 6.39. The number of thiazole rings is 1. The average molecular weight is 372 g/mol. The van der Waals surface area contributed by atoms with Gasteiger partial charge in [0, 0.05) is 29.1 Å². The second-order valence-electron chi connectivity index (χ2n) is 7.48. The number of nitrogens with one attached hydrogen (secondary N) is 1. The van der Waals surface area contributed by atoms with Gasteiger partial charge in [0.2, 0.25) is 5.91 Å². The molecule has 1 aromatic carbocycles. The Bertz CT molecular complexity index is 735. The van der Waals surface area contributed by atoms with E-state index in [1.807, 2.05) is 29.6 Å². The smallest absolute Gasteiger partial charge is 0.227 e. The van der Waals surface area contributed by atoms with Gasteiger partial charge in [-0.3, -0.25) is 4.79 Å². The molecule has 2 aliphatic carbocycles. The molecule has 2 fully saturated rings. The molecule has 138 valence electrons. The Kier molecular flexibility index (Phi) is 5.22. The number of nitrogens with zero attached hydrogens (tertiary/aromatic N) is 1. The minimum absolute atomic E-state index is 0.0738. The van der Waals surface area contributed by atoms with Crippen LogP contribution in [0.1, 0.15) is 37.8 Å². The van der Waals surface area contributed by atoms with E-state index in [0.29, 0.717) is 18.4 Å². The lowest BCUT2D eigenvalue weighted by Gasteiger charge is -2.43. The molecule has 3 N–H and O–H groups in total. The van der Waals surface area contributed by atoms with Gasteiger partial charge in [0.15, 0.2) is 0 Å². The Balaban J connectivity index is 1.36. The Hall–Kier alpha value is -1.92. The molecule has 2 saturated carbocycles. The van der Waals surface area contributed by atoms with Gasteiger partial charge in [-0.05, 0) is 49.7 Å². The molecule has 6 heteroatoms. The highest BCUT2D eigenvalue weighted by Gasteiger charge is 2.40. The van der Waals surface area contributed by atoms with E-state index in [9.17, 15) is 4.79 Å². The highest BCUT2D eigenvalue weighted by molar-refractivity contribution is 7.07. The highest BCUT2D eigenvalue weighted by Crippen LogP contribution is 2.42. The van der Waals surface area contributed by atoms with Crippen LogP contribution in [0.4, 0.5) is 5.69 Å². The third kappa shape index (κ3) is 3.91. The summed E-state index contributed by atoms with van der Waals surface area (Å²) < 4.78 is 5.77. The highest BCUT2D eigenvalue weighted by atomic mass is 32.1. The maximum atomic E-state index is 12.8. The first-order chi connectivity index (χ1) is 12.7. The monoisotopic (exact) mass is 371 g/mol. The molecule has 2 aromatic rings. The van der Waals surface area contributed by atoms with E-state index < -0.39 is 0 Å². The lowest BCUT2D eigenvalue weighted by molar-refractivity contribution is -0.122. The molecule has 1 heterocycles. The number of fused-ring (bicyclic) bond motifs is 2. The second-order valence-corrected chi connectivity index (χ2v) is 8.20. The normalized spacial score (nSPS) is 27.7. The summed E-state index contributed by atoms with van der Waals surface area (Å²) in [5.41, 5.74) is 9.83. The van der Waals surface area contributed by atoms with Crippen molar-refractivity contribution in [3.63, 3.8) is 0 Å². The van der Waals surface area contributed by atoms with Crippen molar-refractivity contribution in [1.82, 2.24) is 4.98 Å². The molecule has 26 heavy (non-hydrogen) atoms. The number of nitrogens with two attached hydrogens (primary N) is 1. The van der Waals surface area contributed by atoms with Crippen molar-refractivity contribution in [3.8, 4) is 5.75 Å². The van der Waals surface area contributed by atoms with Gasteiger partial charge in [-0.15, -0.1) is 11.3 Å². The van der Waals surface area contributed by atoms with Gasteiger partial charge >= 0.3 is 0 Å². The number of aromatic nitrogens is 1. The molecule has 4 rings (SSSR count). The molecule has 0 spiro atoms. The fraction of sp³-hybridized carbons (Fsp3) is 0.500. The van der Waals surface area contributed by atoms with Crippen molar-refractivity contribution in [2.24, 2.45) is 23.5 Å². The molecule has 0 radical (unpaired) electrons. The van der Waals surface area contributed by atoms with E-state index in [0.717, 1.165) is 30.0 Å². The number of amides is 1. The molecule has 2 bridgehead atoms. The number of hydrogen-bond donors (Lipinski definition) is 2. The number of carbonyl (C=O) groups is 1. The van der Waals surface area contributed by atoms with Gasteiger partial charge in [0.25, 0.3) is 0 Å². The van der Waals surface area contributed by atoms with Crippen LogP contribution in [0.2, 0.25) is 0 Å². The van der Waals surface area contributed by atoms with Gasteiger partial charge in [0.1, 0.15) is 12.4 Å². The minimum Gasteiger partial charge on any atom is -0.487 e. The summed E-state index contributed by atoms with van der Waals surface area (Å²) in [7, 11) is 0.